The van der Waals surface area contributed by atoms with Gasteiger partial charge in [-0.15, -0.1) is 0 Å². The van der Waals surface area contributed by atoms with Gasteiger partial charge in [0.05, 0.1) is 29.8 Å². The summed E-state index contributed by atoms with van der Waals surface area (Å²) in [5.74, 6) is -0.551. The van der Waals surface area contributed by atoms with Crippen molar-refractivity contribution in [3.05, 3.63) is 112 Å². The van der Waals surface area contributed by atoms with Crippen LogP contribution in [-0.4, -0.2) is 28.4 Å². The van der Waals surface area contributed by atoms with E-state index in [4.69, 9.17) is 16.3 Å². The summed E-state index contributed by atoms with van der Waals surface area (Å²) in [6, 6.07) is 21.1. The molecular formula is C28H20ClN3O4. The van der Waals surface area contributed by atoms with Gasteiger partial charge >= 0.3 is 0 Å². The summed E-state index contributed by atoms with van der Waals surface area (Å²) in [6.07, 6.45) is 2.87. The van der Waals surface area contributed by atoms with Crippen molar-refractivity contribution in [1.82, 2.24) is 9.55 Å². The second kappa shape index (κ2) is 9.64. The Morgan fingerprint density at radius 1 is 1.00 bits per heavy atom. The average Bonchev–Trinajstić information content (AvgIpc) is 2.90. The molecule has 0 aliphatic heterocycles. The van der Waals surface area contributed by atoms with E-state index in [-0.39, 0.29) is 29.3 Å². The Labute approximate surface area is 210 Å². The van der Waals surface area contributed by atoms with Gasteiger partial charge in [0.1, 0.15) is 6.54 Å². The van der Waals surface area contributed by atoms with E-state index in [1.54, 1.807) is 41.0 Å². The molecule has 178 valence electrons. The monoisotopic (exact) mass is 497 g/mol. The maximum Gasteiger partial charge on any atom is 0.244 e. The summed E-state index contributed by atoms with van der Waals surface area (Å²) in [5.41, 5.74) is 0.844. The molecule has 36 heavy (non-hydrogen) atoms. The summed E-state index contributed by atoms with van der Waals surface area (Å²) < 4.78 is 6.73. The molecule has 1 N–H and O–H groups in total. The molecule has 3 aromatic carbocycles. The molecule has 0 fully saturated rings. The van der Waals surface area contributed by atoms with Crippen molar-refractivity contribution in [2.45, 2.75) is 6.54 Å². The third kappa shape index (κ3) is 4.56. The molecule has 7 nitrogen and oxygen atoms in total. The lowest BCUT2D eigenvalue weighted by Gasteiger charge is -2.14. The van der Waals surface area contributed by atoms with Crippen molar-refractivity contribution in [2.75, 3.05) is 12.4 Å². The number of hydrogen-bond donors (Lipinski definition) is 1. The fraction of sp³-hybridized carbons (Fsp3) is 0.0714. The van der Waals surface area contributed by atoms with Crippen LogP contribution >= 0.6 is 11.6 Å². The van der Waals surface area contributed by atoms with Crippen molar-refractivity contribution in [2.24, 2.45) is 0 Å². The number of nitrogens with zero attached hydrogens (tertiary/aromatic N) is 2. The maximum atomic E-state index is 13.5. The van der Waals surface area contributed by atoms with Crippen LogP contribution in [0.3, 0.4) is 0 Å². The lowest BCUT2D eigenvalue weighted by Crippen LogP contribution is -2.24. The van der Waals surface area contributed by atoms with Crippen molar-refractivity contribution in [1.29, 1.82) is 0 Å². The van der Waals surface area contributed by atoms with Crippen LogP contribution in [0.15, 0.2) is 90.0 Å². The molecular weight excluding hydrogens is 478 g/mol. The summed E-state index contributed by atoms with van der Waals surface area (Å²) in [5, 5.41) is 5.45. The minimum Gasteiger partial charge on any atom is -0.481 e. The molecule has 0 spiro atoms. The molecule has 5 aromatic rings. The van der Waals surface area contributed by atoms with Gasteiger partial charge in [0.15, 0.2) is 5.78 Å². The topological polar surface area (TPSA) is 90.3 Å². The predicted octanol–water partition coefficient (Wildman–Crippen LogP) is 5.08. The number of fused-ring (bicyclic) bond motifs is 2. The molecule has 2 heterocycles. The molecule has 0 unspecified atom stereocenters. The molecule has 0 aliphatic rings. The lowest BCUT2D eigenvalue weighted by atomic mass is 9.99. The molecule has 5 rings (SSSR count). The third-order valence-electron chi connectivity index (χ3n) is 5.85. The lowest BCUT2D eigenvalue weighted by molar-refractivity contribution is -0.116. The van der Waals surface area contributed by atoms with Crippen LogP contribution in [-0.2, 0) is 11.3 Å². The van der Waals surface area contributed by atoms with Gasteiger partial charge in [-0.25, -0.2) is 4.98 Å². The predicted molar refractivity (Wildman–Crippen MR) is 140 cm³/mol. The number of aromatic nitrogens is 2. The number of halogens is 1. The van der Waals surface area contributed by atoms with Gasteiger partial charge < -0.3 is 14.6 Å². The first kappa shape index (κ1) is 23.3. The molecule has 0 aliphatic carbocycles. The average molecular weight is 498 g/mol. The highest BCUT2D eigenvalue weighted by atomic mass is 35.5. The smallest absolute Gasteiger partial charge is 0.244 e. The fourth-order valence-electron chi connectivity index (χ4n) is 4.05. The maximum absolute atomic E-state index is 13.5. The Balaban J connectivity index is 1.58. The second-order valence-corrected chi connectivity index (χ2v) is 8.63. The van der Waals surface area contributed by atoms with Crippen LogP contribution in [0.4, 0.5) is 5.69 Å². The molecule has 0 saturated heterocycles. The fourth-order valence-corrected chi connectivity index (χ4v) is 4.17. The number of ether oxygens (including phenoxy) is 1. The Morgan fingerprint density at radius 2 is 1.75 bits per heavy atom. The van der Waals surface area contributed by atoms with Gasteiger partial charge in [0.25, 0.3) is 0 Å². The molecule has 0 radical (unpaired) electrons. The minimum absolute atomic E-state index is 0.0506. The van der Waals surface area contributed by atoms with Crippen LogP contribution in [0.2, 0.25) is 5.02 Å². The summed E-state index contributed by atoms with van der Waals surface area (Å²) >= 11 is 5.92. The van der Waals surface area contributed by atoms with Gasteiger partial charge in [-0.2, -0.15) is 0 Å². The molecule has 0 bridgehead atoms. The van der Waals surface area contributed by atoms with E-state index >= 15 is 0 Å². The Kier molecular flexibility index (Phi) is 6.23. The zero-order chi connectivity index (χ0) is 25.2. The number of rotatable bonds is 6. The highest BCUT2D eigenvalue weighted by molar-refractivity contribution is 6.30. The number of hydrogen-bond acceptors (Lipinski definition) is 5. The Morgan fingerprint density at radius 3 is 2.50 bits per heavy atom. The van der Waals surface area contributed by atoms with Gasteiger partial charge in [-0.05, 0) is 41.1 Å². The Hall–Kier alpha value is -4.49. The number of anilines is 1. The summed E-state index contributed by atoms with van der Waals surface area (Å²) in [6.45, 7) is -0.147. The first-order valence-electron chi connectivity index (χ1n) is 11.1. The SMILES string of the molecule is COc1cc2c(=O)c(C(=O)c3ccc4ccccc4c3)cn(CC(=O)Nc3ccc(Cl)cc3)c2cn1. The van der Waals surface area contributed by atoms with Crippen molar-refractivity contribution >= 4 is 50.7 Å². The van der Waals surface area contributed by atoms with E-state index < -0.39 is 11.2 Å². The van der Waals surface area contributed by atoms with E-state index in [9.17, 15) is 14.4 Å². The van der Waals surface area contributed by atoms with Crippen LogP contribution < -0.4 is 15.5 Å². The van der Waals surface area contributed by atoms with Gasteiger partial charge in [0, 0.05) is 28.5 Å². The molecule has 0 atom stereocenters. The van der Waals surface area contributed by atoms with Crippen LogP contribution in [0.5, 0.6) is 5.88 Å². The first-order chi connectivity index (χ1) is 17.4. The molecule has 0 saturated carbocycles. The number of benzene rings is 3. The highest BCUT2D eigenvalue weighted by Gasteiger charge is 2.19. The van der Waals surface area contributed by atoms with Gasteiger partial charge in [-0.3, -0.25) is 14.4 Å². The standard InChI is InChI=1S/C28H20ClN3O4/c1-36-26-13-22-24(14-30-26)32(16-25(33)31-21-10-8-20(29)9-11-21)15-23(28(22)35)27(34)19-7-6-17-4-2-3-5-18(17)12-19/h2-15H,16H2,1H3,(H,31,33). The Bertz CT molecular complexity index is 1690. The number of methoxy groups -OCH3 is 1. The minimum atomic E-state index is -0.460. The third-order valence-corrected chi connectivity index (χ3v) is 6.10. The number of amides is 1. The first-order valence-corrected chi connectivity index (χ1v) is 11.5. The highest BCUT2D eigenvalue weighted by Crippen LogP contribution is 2.21. The zero-order valence-electron chi connectivity index (χ0n) is 19.2. The number of carbonyl (C=O) groups is 2. The number of carbonyl (C=O) groups excluding carboxylic acids is 2. The number of pyridine rings is 2. The molecule has 8 heteroatoms. The van der Waals surface area contributed by atoms with E-state index in [0.29, 0.717) is 21.8 Å². The van der Waals surface area contributed by atoms with Crippen molar-refractivity contribution in [3.63, 3.8) is 0 Å². The summed E-state index contributed by atoms with van der Waals surface area (Å²) in [4.78, 5) is 43.9. The van der Waals surface area contributed by atoms with Gasteiger partial charge in [0.2, 0.25) is 17.2 Å². The molecule has 1 amide bonds. The van der Waals surface area contributed by atoms with Crippen LogP contribution in [0.1, 0.15) is 15.9 Å². The largest absolute Gasteiger partial charge is 0.481 e. The van der Waals surface area contributed by atoms with E-state index in [2.05, 4.69) is 10.3 Å². The quantitative estimate of drug-likeness (QED) is 0.330. The zero-order valence-corrected chi connectivity index (χ0v) is 20.0. The van der Waals surface area contributed by atoms with Crippen LogP contribution in [0, 0.1) is 0 Å². The second-order valence-electron chi connectivity index (χ2n) is 8.19. The van der Waals surface area contributed by atoms with E-state index in [1.165, 1.54) is 25.6 Å². The van der Waals surface area contributed by atoms with Crippen molar-refractivity contribution in [3.8, 4) is 5.88 Å². The molecule has 2 aromatic heterocycles. The van der Waals surface area contributed by atoms with E-state index in [1.807, 2.05) is 30.3 Å². The number of nitrogens with one attached hydrogen (secondary N) is 1. The summed E-state index contributed by atoms with van der Waals surface area (Å²) in [7, 11) is 1.44. The van der Waals surface area contributed by atoms with Crippen LogP contribution in [0.25, 0.3) is 21.7 Å². The van der Waals surface area contributed by atoms with E-state index in [0.717, 1.165) is 10.8 Å². The van der Waals surface area contributed by atoms with Crippen molar-refractivity contribution < 1.29 is 14.3 Å². The van der Waals surface area contributed by atoms with Gasteiger partial charge in [-0.1, -0.05) is 48.0 Å². The number of ketones is 1. The normalized spacial score (nSPS) is 10.9.